The molecule has 0 saturated carbocycles. The molecule has 1 aliphatic heterocycles. The molecule has 148 valence electrons. The molecule has 0 radical (unpaired) electrons. The number of fused-ring (bicyclic) bond motifs is 1. The van der Waals surface area contributed by atoms with Gasteiger partial charge in [-0.05, 0) is 68.6 Å². The Morgan fingerprint density at radius 1 is 1.15 bits per heavy atom. The molecule has 0 spiro atoms. The van der Waals surface area contributed by atoms with E-state index in [-0.39, 0.29) is 29.8 Å². The van der Waals surface area contributed by atoms with Crippen LogP contribution in [0.1, 0.15) is 62.8 Å². The van der Waals surface area contributed by atoms with Crippen molar-refractivity contribution in [3.8, 4) is 0 Å². The summed E-state index contributed by atoms with van der Waals surface area (Å²) >= 11 is 0. The van der Waals surface area contributed by atoms with E-state index >= 15 is 0 Å². The number of amides is 1. The molecule has 1 fully saturated rings. The van der Waals surface area contributed by atoms with Crippen LogP contribution in [0.2, 0.25) is 0 Å². The third-order valence-corrected chi connectivity index (χ3v) is 6.20. The molecule has 0 bridgehead atoms. The van der Waals surface area contributed by atoms with Gasteiger partial charge >= 0.3 is 5.97 Å². The first-order valence-electron chi connectivity index (χ1n) is 10.2. The van der Waals surface area contributed by atoms with Crippen molar-refractivity contribution in [2.75, 3.05) is 13.1 Å². The van der Waals surface area contributed by atoms with Crippen molar-refractivity contribution in [3.05, 3.63) is 34.9 Å². The summed E-state index contributed by atoms with van der Waals surface area (Å²) in [6, 6.07) is 6.20. The molecule has 27 heavy (non-hydrogen) atoms. The van der Waals surface area contributed by atoms with Gasteiger partial charge in [0, 0.05) is 13.1 Å². The number of likely N-dealkylation sites (tertiary alicyclic amines) is 1. The second-order valence-corrected chi connectivity index (χ2v) is 8.47. The van der Waals surface area contributed by atoms with Crippen LogP contribution in [0, 0.1) is 11.8 Å². The Morgan fingerprint density at radius 2 is 1.85 bits per heavy atom. The number of carbonyl (C=O) groups is 2. The zero-order valence-electron chi connectivity index (χ0n) is 16.7. The van der Waals surface area contributed by atoms with Gasteiger partial charge in [0.1, 0.15) is 0 Å². The van der Waals surface area contributed by atoms with E-state index in [2.05, 4.69) is 30.4 Å². The van der Waals surface area contributed by atoms with Crippen LogP contribution < -0.4 is 5.32 Å². The molecule has 1 aromatic rings. The molecule has 1 saturated heterocycles. The standard InChI is InChI=1S/C22H32N2O3/c1-14-10-20(22(26)27)13-24(12-14)16(3)21(25)23-15(2)18-9-8-17-6-4-5-7-19(17)11-18/h8-9,11,14-16,20H,4-7,10,12-13H2,1-3H3,(H,23,25)(H,26,27). The molecular formula is C22H32N2O3. The maximum Gasteiger partial charge on any atom is 0.307 e. The molecule has 1 amide bonds. The maximum atomic E-state index is 12.8. The fourth-order valence-electron chi connectivity index (χ4n) is 4.49. The van der Waals surface area contributed by atoms with Gasteiger partial charge in [0.05, 0.1) is 18.0 Å². The summed E-state index contributed by atoms with van der Waals surface area (Å²) in [7, 11) is 0. The Labute approximate surface area is 162 Å². The minimum Gasteiger partial charge on any atom is -0.481 e. The Hall–Kier alpha value is -1.88. The summed E-state index contributed by atoms with van der Waals surface area (Å²) in [6.45, 7) is 7.18. The Kier molecular flexibility index (Phi) is 6.20. The van der Waals surface area contributed by atoms with E-state index < -0.39 is 5.97 Å². The third-order valence-electron chi connectivity index (χ3n) is 6.20. The van der Waals surface area contributed by atoms with E-state index in [9.17, 15) is 14.7 Å². The van der Waals surface area contributed by atoms with Crippen LogP contribution in [0.4, 0.5) is 0 Å². The summed E-state index contributed by atoms with van der Waals surface area (Å²) in [5.41, 5.74) is 4.01. The maximum absolute atomic E-state index is 12.8. The summed E-state index contributed by atoms with van der Waals surface area (Å²) in [5.74, 6) is -0.893. The van der Waals surface area contributed by atoms with Gasteiger partial charge < -0.3 is 10.4 Å². The summed E-state index contributed by atoms with van der Waals surface area (Å²) < 4.78 is 0. The molecule has 2 N–H and O–H groups in total. The lowest BCUT2D eigenvalue weighted by atomic mass is 9.89. The monoisotopic (exact) mass is 372 g/mol. The van der Waals surface area contributed by atoms with Crippen molar-refractivity contribution in [2.45, 2.75) is 65.0 Å². The molecule has 1 heterocycles. The highest BCUT2D eigenvalue weighted by Crippen LogP contribution is 2.26. The summed E-state index contributed by atoms with van der Waals surface area (Å²) in [5, 5.41) is 12.5. The lowest BCUT2D eigenvalue weighted by molar-refractivity contribution is -0.146. The molecule has 2 aliphatic rings. The quantitative estimate of drug-likeness (QED) is 0.833. The number of piperidine rings is 1. The van der Waals surface area contributed by atoms with Crippen molar-refractivity contribution in [1.29, 1.82) is 0 Å². The smallest absolute Gasteiger partial charge is 0.307 e. The topological polar surface area (TPSA) is 69.6 Å². The van der Waals surface area contributed by atoms with E-state index in [1.54, 1.807) is 0 Å². The highest BCUT2D eigenvalue weighted by molar-refractivity contribution is 5.82. The lowest BCUT2D eigenvalue weighted by Gasteiger charge is -2.38. The van der Waals surface area contributed by atoms with E-state index in [0.29, 0.717) is 13.0 Å². The summed E-state index contributed by atoms with van der Waals surface area (Å²) in [4.78, 5) is 26.2. The summed E-state index contributed by atoms with van der Waals surface area (Å²) in [6.07, 6.45) is 5.48. The van der Waals surface area contributed by atoms with Crippen LogP contribution in [0.3, 0.4) is 0 Å². The minimum absolute atomic E-state index is 0.0292. The van der Waals surface area contributed by atoms with Crippen molar-refractivity contribution >= 4 is 11.9 Å². The Morgan fingerprint density at radius 3 is 2.56 bits per heavy atom. The van der Waals surface area contributed by atoms with Gasteiger partial charge in [-0.15, -0.1) is 0 Å². The highest BCUT2D eigenvalue weighted by Gasteiger charge is 2.34. The predicted octanol–water partition coefficient (Wildman–Crippen LogP) is 3.17. The molecule has 5 nitrogen and oxygen atoms in total. The van der Waals surface area contributed by atoms with E-state index in [0.717, 1.165) is 24.9 Å². The molecule has 3 rings (SSSR count). The normalized spacial score (nSPS) is 25.3. The number of rotatable bonds is 5. The average molecular weight is 373 g/mol. The van der Waals surface area contributed by atoms with Gasteiger partial charge in [0.25, 0.3) is 0 Å². The van der Waals surface area contributed by atoms with Crippen LogP contribution in [0.15, 0.2) is 18.2 Å². The van der Waals surface area contributed by atoms with Crippen LogP contribution in [0.25, 0.3) is 0 Å². The van der Waals surface area contributed by atoms with Crippen molar-refractivity contribution in [3.63, 3.8) is 0 Å². The molecule has 0 aromatic heterocycles. The van der Waals surface area contributed by atoms with Crippen LogP contribution >= 0.6 is 0 Å². The fourth-order valence-corrected chi connectivity index (χ4v) is 4.49. The zero-order chi connectivity index (χ0) is 19.6. The Bertz CT molecular complexity index is 703. The number of carboxylic acids is 1. The number of aliphatic carboxylic acids is 1. The van der Waals surface area contributed by atoms with Gasteiger partial charge in [-0.2, -0.15) is 0 Å². The highest BCUT2D eigenvalue weighted by atomic mass is 16.4. The van der Waals surface area contributed by atoms with Crippen LogP contribution in [-0.2, 0) is 22.4 Å². The van der Waals surface area contributed by atoms with Gasteiger partial charge in [-0.25, -0.2) is 0 Å². The lowest BCUT2D eigenvalue weighted by Crippen LogP contribution is -2.52. The minimum atomic E-state index is -0.762. The molecule has 1 aromatic carbocycles. The number of carbonyl (C=O) groups excluding carboxylic acids is 1. The number of nitrogens with one attached hydrogen (secondary N) is 1. The molecule has 1 aliphatic carbocycles. The number of carboxylic acid groups (broad SMARTS) is 1. The predicted molar refractivity (Wildman–Crippen MR) is 106 cm³/mol. The van der Waals surface area contributed by atoms with Gasteiger partial charge in [-0.3, -0.25) is 14.5 Å². The van der Waals surface area contributed by atoms with E-state index in [1.165, 1.54) is 24.0 Å². The number of nitrogens with zero attached hydrogens (tertiary/aromatic N) is 1. The van der Waals surface area contributed by atoms with Crippen molar-refractivity contribution in [2.24, 2.45) is 11.8 Å². The largest absolute Gasteiger partial charge is 0.481 e. The fraction of sp³-hybridized carbons (Fsp3) is 0.636. The first-order chi connectivity index (χ1) is 12.8. The molecular weight excluding hydrogens is 340 g/mol. The first-order valence-corrected chi connectivity index (χ1v) is 10.2. The van der Waals surface area contributed by atoms with Gasteiger partial charge in [0.15, 0.2) is 0 Å². The molecule has 4 unspecified atom stereocenters. The van der Waals surface area contributed by atoms with Gasteiger partial charge in [0.2, 0.25) is 5.91 Å². The zero-order valence-corrected chi connectivity index (χ0v) is 16.7. The second kappa shape index (κ2) is 8.42. The third kappa shape index (κ3) is 4.70. The molecule has 5 heteroatoms. The first kappa shape index (κ1) is 19.9. The number of benzene rings is 1. The average Bonchev–Trinajstić information content (AvgIpc) is 2.66. The van der Waals surface area contributed by atoms with Gasteiger partial charge in [-0.1, -0.05) is 25.1 Å². The van der Waals surface area contributed by atoms with E-state index in [4.69, 9.17) is 0 Å². The Balaban J connectivity index is 1.62. The SMILES string of the molecule is CC1CC(C(=O)O)CN(C(C)C(=O)NC(C)c2ccc3c(c2)CCCC3)C1. The van der Waals surface area contributed by atoms with Crippen molar-refractivity contribution < 1.29 is 14.7 Å². The molecule has 4 atom stereocenters. The second-order valence-electron chi connectivity index (χ2n) is 8.47. The van der Waals surface area contributed by atoms with Crippen LogP contribution in [-0.4, -0.2) is 41.0 Å². The number of hydrogen-bond acceptors (Lipinski definition) is 3. The van der Waals surface area contributed by atoms with E-state index in [1.807, 2.05) is 18.7 Å². The number of hydrogen-bond donors (Lipinski definition) is 2. The number of aryl methyl sites for hydroxylation is 2. The van der Waals surface area contributed by atoms with Crippen LogP contribution in [0.5, 0.6) is 0 Å². The van der Waals surface area contributed by atoms with Crippen molar-refractivity contribution in [1.82, 2.24) is 10.2 Å².